The third-order valence-electron chi connectivity index (χ3n) is 11.1. The number of thioether (sulfide) groups is 2. The number of hydrogen-bond acceptors (Lipinski definition) is 13. The Labute approximate surface area is 411 Å². The Balaban J connectivity index is 0.000000420. The fourth-order valence-electron chi connectivity index (χ4n) is 7.73. The Morgan fingerprint density at radius 2 is 1.20 bits per heavy atom. The number of amides is 1. The standard InChI is InChI=1S/C14H28N2OS.C14H16N2OS.C10H21NS.C8H17NO2.C2H6S.C2H6/c1-2-6-15(5-1)9-11-17-12-14-18-13-10-16-7-3-4-8-16;15-8-9-18-10-14(17)16-13-7-3-5-11-4-1-2-6-12(11)13;1-10(12)6-5-9-11-7-3-2-4-8-11;10-8-11-7-6-9-4-2-1-3-5-9;1-2-3;1-2/h1-14H2;1-7H,8-10,15H2,(H,16,17);10,12H,2-9H2,1H3;10H,1-8H2;3H,2H2,1H3;1-2H3. The molecule has 0 saturated carbocycles. The van der Waals surface area contributed by atoms with Crippen molar-refractivity contribution in [2.75, 3.05) is 146 Å². The Bertz CT molecular complexity index is 1290. The van der Waals surface area contributed by atoms with Gasteiger partial charge in [0.25, 0.3) is 0 Å². The van der Waals surface area contributed by atoms with Gasteiger partial charge in [0.2, 0.25) is 5.91 Å². The molecule has 14 heteroatoms. The second kappa shape index (κ2) is 44.7. The number of benzene rings is 2. The summed E-state index contributed by atoms with van der Waals surface area (Å²) in [5.74, 6) is 4.65. The number of carbonyl (C=O) groups is 1. The molecule has 4 aliphatic rings. The van der Waals surface area contributed by atoms with E-state index in [1.807, 2.05) is 75.0 Å². The van der Waals surface area contributed by atoms with Gasteiger partial charge in [0.15, 0.2) is 0 Å². The lowest BCUT2D eigenvalue weighted by Crippen LogP contribution is -2.32. The zero-order valence-corrected chi connectivity index (χ0v) is 44.3. The number of aliphatic hydroxyl groups is 1. The largest absolute Gasteiger partial charge is 0.379 e. The number of thiol groups is 2. The molecule has 0 aromatic heterocycles. The first kappa shape index (κ1) is 61.3. The number of fused-ring (bicyclic) bond motifs is 1. The minimum Gasteiger partial charge on any atom is -0.379 e. The number of rotatable bonds is 22. The first-order chi connectivity index (χ1) is 31.4. The summed E-state index contributed by atoms with van der Waals surface area (Å²) in [5.41, 5.74) is 6.26. The summed E-state index contributed by atoms with van der Waals surface area (Å²) in [6.07, 6.45) is 16.4. The summed E-state index contributed by atoms with van der Waals surface area (Å²) in [6, 6.07) is 13.9. The number of carbonyl (C=O) groups excluding carboxylic acids is 1. The first-order valence-electron chi connectivity index (χ1n) is 25.0. The van der Waals surface area contributed by atoms with Crippen LogP contribution in [0.4, 0.5) is 5.69 Å². The van der Waals surface area contributed by atoms with Crippen LogP contribution in [0.3, 0.4) is 0 Å². The van der Waals surface area contributed by atoms with Crippen LogP contribution in [0, 0.1) is 0 Å². The maximum atomic E-state index is 11.8. The molecule has 0 bridgehead atoms. The van der Waals surface area contributed by atoms with Crippen molar-refractivity contribution in [3.05, 3.63) is 42.5 Å². The van der Waals surface area contributed by atoms with Crippen molar-refractivity contribution in [2.45, 2.75) is 110 Å². The summed E-state index contributed by atoms with van der Waals surface area (Å²) < 4.78 is 10.5. The molecule has 4 saturated heterocycles. The van der Waals surface area contributed by atoms with E-state index in [0.717, 1.165) is 60.0 Å². The Morgan fingerprint density at radius 1 is 0.703 bits per heavy atom. The van der Waals surface area contributed by atoms with Crippen LogP contribution in [0.2, 0.25) is 0 Å². The molecule has 2 aromatic rings. The van der Waals surface area contributed by atoms with Gasteiger partial charge in [0, 0.05) is 54.5 Å². The monoisotopic (exact) mass is 971 g/mol. The maximum Gasteiger partial charge on any atom is 0.234 e. The van der Waals surface area contributed by atoms with Gasteiger partial charge in [-0.25, -0.2) is 0 Å². The molecule has 4 heterocycles. The first-order valence-corrected chi connectivity index (χ1v) is 28.4. The predicted molar refractivity (Wildman–Crippen MR) is 291 cm³/mol. The van der Waals surface area contributed by atoms with E-state index in [1.165, 1.54) is 148 Å². The van der Waals surface area contributed by atoms with Crippen LogP contribution >= 0.6 is 48.8 Å². The lowest BCUT2D eigenvalue weighted by Gasteiger charge is -2.26. The number of ether oxygens (including phenoxy) is 2. The van der Waals surface area contributed by atoms with E-state index in [4.69, 9.17) is 20.3 Å². The minimum absolute atomic E-state index is 0.0183. The zero-order chi connectivity index (χ0) is 46.7. The number of likely N-dealkylation sites (tertiary alicyclic amines) is 4. The van der Waals surface area contributed by atoms with Crippen LogP contribution in [0.5, 0.6) is 0 Å². The molecule has 4 aliphatic heterocycles. The van der Waals surface area contributed by atoms with Gasteiger partial charge in [0.05, 0.1) is 25.6 Å². The summed E-state index contributed by atoms with van der Waals surface area (Å²) in [5, 5.41) is 14.1. The average Bonchev–Trinajstić information content (AvgIpc) is 4.06. The molecule has 4 N–H and O–H groups in total. The molecule has 4 fully saturated rings. The fraction of sp³-hybridized carbons (Fsp3) is 0.780. The molecule has 10 nitrogen and oxygen atoms in total. The highest BCUT2D eigenvalue weighted by Crippen LogP contribution is 2.23. The van der Waals surface area contributed by atoms with E-state index in [-0.39, 0.29) is 12.7 Å². The van der Waals surface area contributed by atoms with Crippen molar-refractivity contribution in [3.63, 3.8) is 0 Å². The summed E-state index contributed by atoms with van der Waals surface area (Å²) in [6.45, 7) is 26.1. The highest BCUT2D eigenvalue weighted by molar-refractivity contribution is 8.00. The topological polar surface area (TPSA) is 107 Å². The molecule has 6 rings (SSSR count). The average molecular weight is 972 g/mol. The summed E-state index contributed by atoms with van der Waals surface area (Å²) in [4.78, 5) is 21.8. The maximum absolute atomic E-state index is 11.8. The Hall–Kier alpha value is -0.750. The van der Waals surface area contributed by atoms with Crippen molar-refractivity contribution in [2.24, 2.45) is 5.73 Å². The van der Waals surface area contributed by atoms with Crippen LogP contribution in [-0.4, -0.2) is 176 Å². The molecule has 64 heavy (non-hydrogen) atoms. The van der Waals surface area contributed by atoms with Gasteiger partial charge in [-0.15, -0.1) is 0 Å². The Kier molecular flexibility index (Phi) is 42.8. The van der Waals surface area contributed by atoms with E-state index in [9.17, 15) is 4.79 Å². The van der Waals surface area contributed by atoms with Gasteiger partial charge >= 0.3 is 0 Å². The Morgan fingerprint density at radius 3 is 1.75 bits per heavy atom. The van der Waals surface area contributed by atoms with Gasteiger partial charge in [-0.3, -0.25) is 4.79 Å². The third kappa shape index (κ3) is 33.7. The zero-order valence-electron chi connectivity index (χ0n) is 40.9. The molecular formula is C50H94N6O4S4. The van der Waals surface area contributed by atoms with Gasteiger partial charge in [-0.1, -0.05) is 76.9 Å². The smallest absolute Gasteiger partial charge is 0.234 e. The van der Waals surface area contributed by atoms with Crippen molar-refractivity contribution in [1.82, 2.24) is 19.6 Å². The molecule has 1 atom stereocenters. The predicted octanol–water partition coefficient (Wildman–Crippen LogP) is 9.37. The van der Waals surface area contributed by atoms with Crippen LogP contribution in [-0.2, 0) is 14.3 Å². The second-order valence-electron chi connectivity index (χ2n) is 16.4. The van der Waals surface area contributed by atoms with Crippen molar-refractivity contribution < 1.29 is 19.4 Å². The van der Waals surface area contributed by atoms with Crippen LogP contribution in [0.25, 0.3) is 10.8 Å². The van der Waals surface area contributed by atoms with Gasteiger partial charge in [-0.2, -0.15) is 48.8 Å². The number of nitrogens with zero attached hydrogens (tertiary/aromatic N) is 4. The number of piperidine rings is 2. The number of aliphatic hydroxyl groups excluding tert-OH is 1. The third-order valence-corrected chi connectivity index (χ3v) is 13.2. The highest BCUT2D eigenvalue weighted by Gasteiger charge is 2.13. The minimum atomic E-state index is -0.145. The van der Waals surface area contributed by atoms with Gasteiger partial charge in [0.1, 0.15) is 6.79 Å². The number of nitrogens with one attached hydrogen (secondary N) is 1. The normalized spacial score (nSPS) is 17.2. The van der Waals surface area contributed by atoms with E-state index < -0.39 is 0 Å². The second-order valence-corrected chi connectivity index (χ2v) is 20.2. The molecule has 1 unspecified atom stereocenters. The quantitative estimate of drug-likeness (QED) is 0.0443. The van der Waals surface area contributed by atoms with Crippen LogP contribution in [0.1, 0.15) is 105 Å². The molecule has 0 aliphatic carbocycles. The lowest BCUT2D eigenvalue weighted by atomic mass is 10.1. The van der Waals surface area contributed by atoms with Crippen LogP contribution in [0.15, 0.2) is 42.5 Å². The molecular weight excluding hydrogens is 877 g/mol. The lowest BCUT2D eigenvalue weighted by molar-refractivity contribution is -0.113. The van der Waals surface area contributed by atoms with Crippen molar-refractivity contribution in [1.29, 1.82) is 0 Å². The summed E-state index contributed by atoms with van der Waals surface area (Å²) in [7, 11) is 0. The molecule has 0 spiro atoms. The number of anilines is 1. The molecule has 1 amide bonds. The summed E-state index contributed by atoms with van der Waals surface area (Å²) >= 11 is 11.8. The highest BCUT2D eigenvalue weighted by atomic mass is 32.2. The SMILES string of the molecule is C1CCN(CCOCCSCCN2CCCC2)C1.CC.CC(S)CCCN1CCCCC1.CCS.NCCSCC(=O)Nc1cccc2ccccc12.OCOCCN1CCCCC1. The van der Waals surface area contributed by atoms with Gasteiger partial charge in [-0.05, 0) is 146 Å². The van der Waals surface area contributed by atoms with E-state index >= 15 is 0 Å². The number of nitrogens with two attached hydrogens (primary N) is 1. The molecule has 2 aromatic carbocycles. The van der Waals surface area contributed by atoms with Crippen molar-refractivity contribution >= 4 is 71.1 Å². The number of hydrogen-bond donors (Lipinski definition) is 5. The van der Waals surface area contributed by atoms with Crippen molar-refractivity contribution in [3.8, 4) is 0 Å². The van der Waals surface area contributed by atoms with E-state index in [0.29, 0.717) is 24.2 Å². The van der Waals surface area contributed by atoms with Gasteiger partial charge < -0.3 is 45.2 Å². The fourth-order valence-corrected chi connectivity index (χ4v) is 9.30. The molecule has 372 valence electrons. The van der Waals surface area contributed by atoms with E-state index in [1.54, 1.807) is 11.8 Å². The van der Waals surface area contributed by atoms with Crippen LogP contribution < -0.4 is 11.1 Å². The van der Waals surface area contributed by atoms with E-state index in [2.05, 4.69) is 57.1 Å². The molecule has 0 radical (unpaired) electrons.